The van der Waals surface area contributed by atoms with Crippen LogP contribution >= 0.6 is 23.1 Å². The number of nitrogens with zero attached hydrogens (tertiary/aromatic N) is 3. The van der Waals surface area contributed by atoms with Gasteiger partial charge in [0.2, 0.25) is 5.91 Å². The molecule has 128 valence electrons. The molecule has 1 aromatic carbocycles. The standard InChI is InChI=1S/C16H19N3O3S2/c1-10-5-6-18(11(2)7-10)15(20)9-23-16-17-13-4-3-12(19(21)22)8-14(13)24-16/h3-4,8,10-11H,5-7,9H2,1-2H3/t10-,11-/m0/s1. The second-order valence-corrected chi connectivity index (χ2v) is 8.50. The quantitative estimate of drug-likeness (QED) is 0.466. The third-order valence-corrected chi connectivity index (χ3v) is 6.49. The van der Waals surface area contributed by atoms with Crippen molar-refractivity contribution in [3.05, 3.63) is 28.3 Å². The van der Waals surface area contributed by atoms with Crippen LogP contribution in [0.3, 0.4) is 0 Å². The predicted molar refractivity (Wildman–Crippen MR) is 96.6 cm³/mol. The van der Waals surface area contributed by atoms with E-state index in [0.717, 1.165) is 33.9 Å². The smallest absolute Gasteiger partial charge is 0.270 e. The molecule has 1 amide bonds. The van der Waals surface area contributed by atoms with Crippen LogP contribution in [-0.4, -0.2) is 39.1 Å². The topological polar surface area (TPSA) is 76.3 Å². The first-order valence-electron chi connectivity index (χ1n) is 7.91. The van der Waals surface area contributed by atoms with Gasteiger partial charge in [0.05, 0.1) is 20.9 Å². The average molecular weight is 365 g/mol. The van der Waals surface area contributed by atoms with Crippen molar-refractivity contribution in [2.75, 3.05) is 12.3 Å². The molecule has 1 aromatic heterocycles. The maximum atomic E-state index is 12.4. The molecule has 0 unspecified atom stereocenters. The number of thioether (sulfide) groups is 1. The number of aromatic nitrogens is 1. The van der Waals surface area contributed by atoms with E-state index in [-0.39, 0.29) is 11.6 Å². The van der Waals surface area contributed by atoms with Gasteiger partial charge < -0.3 is 4.90 Å². The van der Waals surface area contributed by atoms with Crippen LogP contribution in [0.2, 0.25) is 0 Å². The zero-order valence-electron chi connectivity index (χ0n) is 13.6. The summed E-state index contributed by atoms with van der Waals surface area (Å²) >= 11 is 2.81. The number of amides is 1. The van der Waals surface area contributed by atoms with Crippen LogP contribution in [0.4, 0.5) is 5.69 Å². The van der Waals surface area contributed by atoms with Crippen LogP contribution in [0.1, 0.15) is 26.7 Å². The molecular formula is C16H19N3O3S2. The number of carbonyl (C=O) groups is 1. The van der Waals surface area contributed by atoms with Crippen molar-refractivity contribution < 1.29 is 9.72 Å². The summed E-state index contributed by atoms with van der Waals surface area (Å²) in [6.07, 6.45) is 2.12. The first kappa shape index (κ1) is 17.2. The van der Waals surface area contributed by atoms with Crippen molar-refractivity contribution in [1.82, 2.24) is 9.88 Å². The second kappa shape index (κ2) is 7.06. The summed E-state index contributed by atoms with van der Waals surface area (Å²) in [5.74, 6) is 1.18. The molecule has 0 bridgehead atoms. The maximum Gasteiger partial charge on any atom is 0.270 e. The molecule has 0 radical (unpaired) electrons. The predicted octanol–water partition coefficient (Wildman–Crippen LogP) is 3.94. The normalized spacial score (nSPS) is 21.2. The number of rotatable bonds is 4. The molecular weight excluding hydrogens is 346 g/mol. The molecule has 0 saturated carbocycles. The van der Waals surface area contributed by atoms with Gasteiger partial charge in [-0.3, -0.25) is 14.9 Å². The van der Waals surface area contributed by atoms with E-state index in [2.05, 4.69) is 18.8 Å². The number of hydrogen-bond acceptors (Lipinski definition) is 6. The fraction of sp³-hybridized carbons (Fsp3) is 0.500. The molecule has 8 heteroatoms. The minimum Gasteiger partial charge on any atom is -0.339 e. The summed E-state index contributed by atoms with van der Waals surface area (Å²) in [6.45, 7) is 5.16. The van der Waals surface area contributed by atoms with E-state index in [4.69, 9.17) is 0 Å². The van der Waals surface area contributed by atoms with E-state index in [0.29, 0.717) is 17.7 Å². The van der Waals surface area contributed by atoms with Crippen LogP contribution in [-0.2, 0) is 4.79 Å². The van der Waals surface area contributed by atoms with Crippen LogP contribution in [0, 0.1) is 16.0 Å². The summed E-state index contributed by atoms with van der Waals surface area (Å²) in [6, 6.07) is 4.94. The van der Waals surface area contributed by atoms with E-state index in [1.807, 2.05) is 4.90 Å². The summed E-state index contributed by atoms with van der Waals surface area (Å²) in [5, 5.41) is 10.8. The van der Waals surface area contributed by atoms with Gasteiger partial charge in [-0.05, 0) is 31.7 Å². The summed E-state index contributed by atoms with van der Waals surface area (Å²) in [4.78, 5) is 29.3. The summed E-state index contributed by atoms with van der Waals surface area (Å²) in [5.41, 5.74) is 0.802. The van der Waals surface area contributed by atoms with Crippen molar-refractivity contribution in [1.29, 1.82) is 0 Å². The van der Waals surface area contributed by atoms with Gasteiger partial charge in [-0.25, -0.2) is 4.98 Å². The molecule has 2 aromatic rings. The van der Waals surface area contributed by atoms with Gasteiger partial charge in [0.15, 0.2) is 4.34 Å². The van der Waals surface area contributed by atoms with E-state index in [1.165, 1.54) is 35.2 Å². The van der Waals surface area contributed by atoms with E-state index >= 15 is 0 Å². The second-order valence-electron chi connectivity index (χ2n) is 6.24. The molecule has 1 fully saturated rings. The Balaban J connectivity index is 1.65. The van der Waals surface area contributed by atoms with E-state index in [9.17, 15) is 14.9 Å². The highest BCUT2D eigenvalue weighted by atomic mass is 32.2. The van der Waals surface area contributed by atoms with E-state index < -0.39 is 4.92 Å². The Morgan fingerprint density at radius 2 is 2.29 bits per heavy atom. The fourth-order valence-electron chi connectivity index (χ4n) is 3.05. The number of thiazole rings is 1. The number of likely N-dealkylation sites (tertiary alicyclic amines) is 1. The first-order valence-corrected chi connectivity index (χ1v) is 9.71. The third-order valence-electron chi connectivity index (χ3n) is 4.34. The molecule has 1 aliphatic rings. The van der Waals surface area contributed by atoms with Crippen molar-refractivity contribution in [3.63, 3.8) is 0 Å². The van der Waals surface area contributed by atoms with Gasteiger partial charge in [0.1, 0.15) is 0 Å². The monoisotopic (exact) mass is 365 g/mol. The van der Waals surface area contributed by atoms with Gasteiger partial charge in [-0.1, -0.05) is 18.7 Å². The lowest BCUT2D eigenvalue weighted by Crippen LogP contribution is -2.44. The first-order chi connectivity index (χ1) is 11.4. The molecule has 2 heterocycles. The number of fused-ring (bicyclic) bond motifs is 1. The molecule has 0 aliphatic carbocycles. The Hall–Kier alpha value is -1.67. The van der Waals surface area contributed by atoms with Gasteiger partial charge in [-0.15, -0.1) is 11.3 Å². The average Bonchev–Trinajstić information content (AvgIpc) is 2.94. The maximum absolute atomic E-state index is 12.4. The highest BCUT2D eigenvalue weighted by molar-refractivity contribution is 8.01. The lowest BCUT2D eigenvalue weighted by atomic mass is 9.93. The number of piperidine rings is 1. The van der Waals surface area contributed by atoms with Gasteiger partial charge in [0, 0.05) is 24.7 Å². The molecule has 1 saturated heterocycles. The highest BCUT2D eigenvalue weighted by Gasteiger charge is 2.26. The van der Waals surface area contributed by atoms with Gasteiger partial charge in [-0.2, -0.15) is 0 Å². The van der Waals surface area contributed by atoms with Crippen LogP contribution in [0.25, 0.3) is 10.2 Å². The number of hydrogen-bond donors (Lipinski definition) is 0. The molecule has 0 N–H and O–H groups in total. The number of nitro benzene ring substituents is 1. The zero-order chi connectivity index (χ0) is 17.3. The van der Waals surface area contributed by atoms with Gasteiger partial charge >= 0.3 is 0 Å². The molecule has 3 rings (SSSR count). The lowest BCUT2D eigenvalue weighted by Gasteiger charge is -2.36. The molecule has 1 aliphatic heterocycles. The van der Waals surface area contributed by atoms with E-state index in [1.54, 1.807) is 6.07 Å². The molecule has 24 heavy (non-hydrogen) atoms. The Labute approximate surface area is 148 Å². The zero-order valence-corrected chi connectivity index (χ0v) is 15.2. The molecule has 0 spiro atoms. The lowest BCUT2D eigenvalue weighted by molar-refractivity contribution is -0.384. The number of benzene rings is 1. The number of nitro groups is 1. The summed E-state index contributed by atoms with van der Waals surface area (Å²) < 4.78 is 1.55. The van der Waals surface area contributed by atoms with Crippen molar-refractivity contribution in [3.8, 4) is 0 Å². The number of non-ortho nitro benzene ring substituents is 1. The molecule has 6 nitrogen and oxygen atoms in total. The van der Waals surface area contributed by atoms with Crippen molar-refractivity contribution in [2.45, 2.75) is 37.1 Å². The Kier molecular flexibility index (Phi) is 5.05. The third kappa shape index (κ3) is 3.70. The van der Waals surface area contributed by atoms with Gasteiger partial charge in [0.25, 0.3) is 5.69 Å². The van der Waals surface area contributed by atoms with Crippen molar-refractivity contribution >= 4 is 44.9 Å². The van der Waals surface area contributed by atoms with Crippen LogP contribution in [0.5, 0.6) is 0 Å². The fourth-order valence-corrected chi connectivity index (χ4v) is 5.04. The molecule has 2 atom stereocenters. The van der Waals surface area contributed by atoms with Crippen molar-refractivity contribution in [2.24, 2.45) is 5.92 Å². The summed E-state index contributed by atoms with van der Waals surface area (Å²) in [7, 11) is 0. The number of carbonyl (C=O) groups excluding carboxylic acids is 1. The Morgan fingerprint density at radius 1 is 1.50 bits per heavy atom. The minimum absolute atomic E-state index is 0.0648. The minimum atomic E-state index is -0.408. The Morgan fingerprint density at radius 3 is 3.00 bits per heavy atom. The van der Waals surface area contributed by atoms with Crippen LogP contribution in [0.15, 0.2) is 22.5 Å². The SMILES string of the molecule is C[C@H]1CCN(C(=O)CSc2nc3ccc([N+](=O)[O-])cc3s2)[C@@H](C)C1. The van der Waals surface area contributed by atoms with Crippen LogP contribution < -0.4 is 0 Å². The largest absolute Gasteiger partial charge is 0.339 e. The Bertz CT molecular complexity index is 777. The highest BCUT2D eigenvalue weighted by Crippen LogP contribution is 2.32.